The zero-order valence-corrected chi connectivity index (χ0v) is 18.5. The van der Waals surface area contributed by atoms with E-state index < -0.39 is 17.8 Å². The summed E-state index contributed by atoms with van der Waals surface area (Å²) in [6, 6.07) is 9.34. The number of ether oxygens (including phenoxy) is 1. The maximum absolute atomic E-state index is 12.0. The summed E-state index contributed by atoms with van der Waals surface area (Å²) in [6.07, 6.45) is 2.17. The van der Waals surface area contributed by atoms with Crippen LogP contribution in [0.15, 0.2) is 35.9 Å². The fourth-order valence-electron chi connectivity index (χ4n) is 3.32. The maximum Gasteiger partial charge on any atom is 0.328 e. The summed E-state index contributed by atoms with van der Waals surface area (Å²) in [6.45, 7) is 6.55. The summed E-state index contributed by atoms with van der Waals surface area (Å²) in [5.74, 6) is -0.727. The molecule has 2 N–H and O–H groups in total. The Bertz CT molecular complexity index is 1000. The monoisotopic (exact) mass is 504 g/mol. The number of carbonyl (C=O) groups is 3. The zero-order chi connectivity index (χ0) is 21.1. The molecule has 0 spiro atoms. The molecule has 1 aliphatic rings. The van der Waals surface area contributed by atoms with Crippen molar-refractivity contribution in [3.8, 4) is 5.75 Å². The lowest BCUT2D eigenvalue weighted by Gasteiger charge is -2.16. The fourth-order valence-corrected chi connectivity index (χ4v) is 4.13. The van der Waals surface area contributed by atoms with Crippen LogP contribution in [-0.4, -0.2) is 24.5 Å². The van der Waals surface area contributed by atoms with Crippen molar-refractivity contribution in [2.24, 2.45) is 0 Å². The van der Waals surface area contributed by atoms with Gasteiger partial charge in [0.05, 0.1) is 6.61 Å². The normalized spacial score (nSPS) is 13.8. The Kier molecular flexibility index (Phi) is 6.36. The number of barbiturate groups is 1. The molecule has 0 aliphatic carbocycles. The van der Waals surface area contributed by atoms with Crippen LogP contribution in [0.4, 0.5) is 4.79 Å². The number of urea groups is 1. The van der Waals surface area contributed by atoms with E-state index in [4.69, 9.17) is 4.74 Å². The Balaban J connectivity index is 2.00. The number of amides is 4. The molecule has 0 bridgehead atoms. The number of aryl methyl sites for hydroxylation is 2. The summed E-state index contributed by atoms with van der Waals surface area (Å²) < 4.78 is 6.83. The van der Waals surface area contributed by atoms with Gasteiger partial charge in [-0.25, -0.2) is 4.79 Å². The molecule has 2 aromatic rings. The Morgan fingerprint density at radius 2 is 1.59 bits per heavy atom. The molecule has 1 heterocycles. The van der Waals surface area contributed by atoms with Crippen LogP contribution in [0, 0.1) is 17.4 Å². The average Bonchev–Trinajstić information content (AvgIpc) is 2.60. The summed E-state index contributed by atoms with van der Waals surface area (Å²) >= 11 is 2.24. The van der Waals surface area contributed by atoms with Gasteiger partial charge in [-0.1, -0.05) is 29.3 Å². The van der Waals surface area contributed by atoms with E-state index in [1.54, 1.807) is 0 Å². The third kappa shape index (κ3) is 5.03. The second-order valence-electron chi connectivity index (χ2n) is 6.88. The zero-order valence-electron chi connectivity index (χ0n) is 16.4. The van der Waals surface area contributed by atoms with Crippen molar-refractivity contribution in [2.75, 3.05) is 6.61 Å². The third-order valence-electron chi connectivity index (χ3n) is 4.39. The molecule has 1 fully saturated rings. The molecule has 7 heteroatoms. The molecular formula is C22H21IN2O4. The van der Waals surface area contributed by atoms with Gasteiger partial charge in [0, 0.05) is 15.6 Å². The van der Waals surface area contributed by atoms with Crippen LogP contribution in [0.25, 0.3) is 6.08 Å². The van der Waals surface area contributed by atoms with Crippen LogP contribution in [0.3, 0.4) is 0 Å². The van der Waals surface area contributed by atoms with Crippen molar-refractivity contribution in [1.29, 1.82) is 0 Å². The molecule has 3 rings (SSSR count). The lowest BCUT2D eigenvalue weighted by atomic mass is 9.98. The van der Waals surface area contributed by atoms with Gasteiger partial charge in [0.15, 0.2) is 0 Å². The second kappa shape index (κ2) is 8.77. The van der Waals surface area contributed by atoms with E-state index >= 15 is 0 Å². The van der Waals surface area contributed by atoms with Crippen molar-refractivity contribution in [3.63, 3.8) is 0 Å². The van der Waals surface area contributed by atoms with Gasteiger partial charge in [-0.05, 0) is 72.7 Å². The highest BCUT2D eigenvalue weighted by atomic mass is 127. The molecule has 0 saturated carbocycles. The number of carbonyl (C=O) groups excluding carboxylic acids is 3. The quantitative estimate of drug-likeness (QED) is 0.370. The smallest absolute Gasteiger partial charge is 0.328 e. The second-order valence-corrected chi connectivity index (χ2v) is 8.04. The number of nitrogens with one attached hydrogen (secondary N) is 2. The van der Waals surface area contributed by atoms with Crippen molar-refractivity contribution >= 4 is 46.5 Å². The third-order valence-corrected chi connectivity index (χ3v) is 5.36. The van der Waals surface area contributed by atoms with Crippen LogP contribution in [0.2, 0.25) is 0 Å². The van der Waals surface area contributed by atoms with Crippen molar-refractivity contribution in [2.45, 2.75) is 27.2 Å². The minimum atomic E-state index is -0.814. The number of hydrogen-bond acceptors (Lipinski definition) is 4. The van der Waals surface area contributed by atoms with Gasteiger partial charge in [0.25, 0.3) is 11.8 Å². The van der Waals surface area contributed by atoms with Crippen LogP contribution < -0.4 is 15.4 Å². The van der Waals surface area contributed by atoms with Gasteiger partial charge in [0.2, 0.25) is 0 Å². The summed E-state index contributed by atoms with van der Waals surface area (Å²) in [5, 5.41) is 4.16. The van der Waals surface area contributed by atoms with Gasteiger partial charge in [-0.15, -0.1) is 0 Å². The molecule has 0 unspecified atom stereocenters. The Hall–Kier alpha value is -2.68. The first-order valence-electron chi connectivity index (χ1n) is 9.17. The highest BCUT2D eigenvalue weighted by molar-refractivity contribution is 14.1. The van der Waals surface area contributed by atoms with Crippen LogP contribution in [0.1, 0.15) is 34.7 Å². The lowest BCUT2D eigenvalue weighted by molar-refractivity contribution is -0.123. The average molecular weight is 504 g/mol. The Labute approximate surface area is 182 Å². The lowest BCUT2D eigenvalue weighted by Crippen LogP contribution is -2.51. The minimum Gasteiger partial charge on any atom is -0.494 e. The predicted molar refractivity (Wildman–Crippen MR) is 119 cm³/mol. The Morgan fingerprint density at radius 1 is 0.966 bits per heavy atom. The van der Waals surface area contributed by atoms with E-state index in [1.807, 2.05) is 19.1 Å². The van der Waals surface area contributed by atoms with Crippen LogP contribution >= 0.6 is 22.6 Å². The molecular weight excluding hydrogens is 483 g/mol. The van der Waals surface area contributed by atoms with Crippen LogP contribution in [-0.2, 0) is 16.0 Å². The van der Waals surface area contributed by atoms with Crippen molar-refractivity contribution in [3.05, 3.63) is 67.3 Å². The fraction of sp³-hybridized carbons (Fsp3) is 0.227. The largest absolute Gasteiger partial charge is 0.494 e. The highest BCUT2D eigenvalue weighted by Gasteiger charge is 2.27. The first-order chi connectivity index (χ1) is 13.8. The highest BCUT2D eigenvalue weighted by Crippen LogP contribution is 2.30. The number of benzene rings is 2. The first-order valence-corrected chi connectivity index (χ1v) is 10.3. The molecule has 1 saturated heterocycles. The Morgan fingerprint density at radius 3 is 2.17 bits per heavy atom. The first kappa shape index (κ1) is 21.0. The molecule has 0 atom stereocenters. The molecule has 29 heavy (non-hydrogen) atoms. The van der Waals surface area contributed by atoms with Gasteiger partial charge < -0.3 is 4.74 Å². The van der Waals surface area contributed by atoms with E-state index in [0.29, 0.717) is 24.3 Å². The minimum absolute atomic E-state index is 0.120. The summed E-state index contributed by atoms with van der Waals surface area (Å²) in [7, 11) is 0. The SMILES string of the molecule is CCOc1cc(C=C2C(=O)NC(=O)NC2=O)cc(I)c1Cc1cc(C)cc(C)c1. The molecule has 0 aromatic heterocycles. The molecule has 150 valence electrons. The van der Waals surface area contributed by atoms with E-state index in [-0.39, 0.29) is 5.57 Å². The molecule has 4 amide bonds. The van der Waals surface area contributed by atoms with Crippen LogP contribution in [0.5, 0.6) is 5.75 Å². The van der Waals surface area contributed by atoms with Gasteiger partial charge in [-0.2, -0.15) is 0 Å². The maximum atomic E-state index is 12.0. The van der Waals surface area contributed by atoms with E-state index in [0.717, 1.165) is 9.13 Å². The van der Waals surface area contributed by atoms with Gasteiger partial charge in [-0.3, -0.25) is 20.2 Å². The van der Waals surface area contributed by atoms with Gasteiger partial charge >= 0.3 is 6.03 Å². The topological polar surface area (TPSA) is 84.5 Å². The summed E-state index contributed by atoms with van der Waals surface area (Å²) in [5.41, 5.74) is 5.18. The molecule has 1 aliphatic heterocycles. The molecule has 6 nitrogen and oxygen atoms in total. The van der Waals surface area contributed by atoms with E-state index in [2.05, 4.69) is 65.3 Å². The number of rotatable bonds is 5. The number of imide groups is 2. The number of halogens is 1. The standard InChI is InChI=1S/C22H21IN2O4/c1-4-29-19-11-15(9-17-20(26)24-22(28)25-21(17)27)10-18(23)16(19)8-14-6-12(2)5-13(3)7-14/h5-7,9-11H,4,8H2,1-3H3,(H2,24,25,26,27,28). The molecule has 0 radical (unpaired) electrons. The van der Waals surface area contributed by atoms with Crippen molar-refractivity contribution < 1.29 is 19.1 Å². The molecule has 2 aromatic carbocycles. The summed E-state index contributed by atoms with van der Waals surface area (Å²) in [4.78, 5) is 35.2. The van der Waals surface area contributed by atoms with Gasteiger partial charge in [0.1, 0.15) is 11.3 Å². The van der Waals surface area contributed by atoms with E-state index in [1.165, 1.54) is 22.8 Å². The van der Waals surface area contributed by atoms with E-state index in [9.17, 15) is 14.4 Å². The predicted octanol–water partition coefficient (Wildman–Crippen LogP) is 3.65. The number of hydrogen-bond donors (Lipinski definition) is 2. The van der Waals surface area contributed by atoms with Crippen molar-refractivity contribution in [1.82, 2.24) is 10.6 Å².